The van der Waals surface area contributed by atoms with Gasteiger partial charge in [-0.2, -0.15) is 13.2 Å². The van der Waals surface area contributed by atoms with Gasteiger partial charge in [0.25, 0.3) is 0 Å². The van der Waals surface area contributed by atoms with Crippen LogP contribution in [0.15, 0.2) is 48.5 Å². The highest BCUT2D eigenvalue weighted by atomic mass is 35.5. The molecular formula is C16H17ClF3N. The Morgan fingerprint density at radius 1 is 0.905 bits per heavy atom. The van der Waals surface area contributed by atoms with Gasteiger partial charge in [0.05, 0.1) is 5.56 Å². The lowest BCUT2D eigenvalue weighted by Gasteiger charge is -2.13. The Bertz CT molecular complexity index is 564. The normalized spacial score (nSPS) is 11.0. The minimum Gasteiger partial charge on any atom is -0.309 e. The Morgan fingerprint density at radius 3 is 2.14 bits per heavy atom. The zero-order valence-electron chi connectivity index (χ0n) is 11.6. The van der Waals surface area contributed by atoms with Crippen molar-refractivity contribution in [1.29, 1.82) is 0 Å². The minimum atomic E-state index is -4.30. The summed E-state index contributed by atoms with van der Waals surface area (Å²) in [6.07, 6.45) is -4.30. The molecule has 0 aliphatic heterocycles. The predicted octanol–water partition coefficient (Wildman–Crippen LogP) is 4.73. The Labute approximate surface area is 128 Å². The van der Waals surface area contributed by atoms with Crippen LogP contribution in [0, 0.1) is 6.92 Å². The van der Waals surface area contributed by atoms with Crippen molar-refractivity contribution in [2.75, 3.05) is 0 Å². The quantitative estimate of drug-likeness (QED) is 0.860. The summed E-state index contributed by atoms with van der Waals surface area (Å²) in [7, 11) is 0. The Morgan fingerprint density at radius 2 is 1.52 bits per heavy atom. The molecule has 21 heavy (non-hydrogen) atoms. The summed E-state index contributed by atoms with van der Waals surface area (Å²) in [6, 6.07) is 13.6. The number of benzene rings is 2. The average molecular weight is 316 g/mol. The fourth-order valence-corrected chi connectivity index (χ4v) is 2.00. The van der Waals surface area contributed by atoms with E-state index in [1.54, 1.807) is 6.07 Å². The van der Waals surface area contributed by atoms with Crippen LogP contribution in [-0.4, -0.2) is 0 Å². The molecule has 1 N–H and O–H groups in total. The fraction of sp³-hybridized carbons (Fsp3) is 0.250. The molecule has 5 heteroatoms. The molecule has 0 saturated carbocycles. The second kappa shape index (κ2) is 7.48. The van der Waals surface area contributed by atoms with E-state index in [0.29, 0.717) is 6.54 Å². The summed E-state index contributed by atoms with van der Waals surface area (Å²) in [4.78, 5) is 0. The van der Waals surface area contributed by atoms with Crippen molar-refractivity contribution in [3.05, 3.63) is 70.8 Å². The van der Waals surface area contributed by atoms with E-state index >= 15 is 0 Å². The van der Waals surface area contributed by atoms with E-state index in [1.165, 1.54) is 12.1 Å². The maximum Gasteiger partial charge on any atom is 0.416 e. The zero-order valence-corrected chi connectivity index (χ0v) is 12.4. The number of rotatable bonds is 4. The number of aryl methyl sites for hydroxylation is 1. The van der Waals surface area contributed by atoms with Gasteiger partial charge >= 0.3 is 6.18 Å². The molecular weight excluding hydrogens is 299 g/mol. The summed E-state index contributed by atoms with van der Waals surface area (Å²) in [5.74, 6) is 0. The van der Waals surface area contributed by atoms with Gasteiger partial charge in [0, 0.05) is 13.1 Å². The fourth-order valence-electron chi connectivity index (χ4n) is 2.00. The van der Waals surface area contributed by atoms with Crippen LogP contribution in [0.1, 0.15) is 22.3 Å². The predicted molar refractivity (Wildman–Crippen MR) is 80.4 cm³/mol. The topological polar surface area (TPSA) is 12.0 Å². The van der Waals surface area contributed by atoms with Gasteiger partial charge in [0.1, 0.15) is 0 Å². The van der Waals surface area contributed by atoms with Gasteiger partial charge < -0.3 is 5.32 Å². The lowest BCUT2D eigenvalue weighted by molar-refractivity contribution is -0.138. The van der Waals surface area contributed by atoms with E-state index in [-0.39, 0.29) is 24.5 Å². The van der Waals surface area contributed by atoms with Crippen molar-refractivity contribution >= 4 is 12.4 Å². The molecule has 0 aliphatic rings. The van der Waals surface area contributed by atoms with Crippen molar-refractivity contribution in [2.24, 2.45) is 0 Å². The average Bonchev–Trinajstić information content (AvgIpc) is 2.40. The van der Waals surface area contributed by atoms with Crippen molar-refractivity contribution in [3.63, 3.8) is 0 Å². The van der Waals surface area contributed by atoms with Gasteiger partial charge in [-0.3, -0.25) is 0 Å². The molecule has 0 bridgehead atoms. The summed E-state index contributed by atoms with van der Waals surface area (Å²) < 4.78 is 38.4. The van der Waals surface area contributed by atoms with Crippen LogP contribution in [0.4, 0.5) is 13.2 Å². The SMILES string of the molecule is Cc1ccc(CNCc2ccccc2C(F)(F)F)cc1.Cl. The Kier molecular flexibility index (Phi) is 6.24. The van der Waals surface area contributed by atoms with E-state index in [0.717, 1.165) is 17.2 Å². The molecule has 0 unspecified atom stereocenters. The van der Waals surface area contributed by atoms with Gasteiger partial charge in [-0.1, -0.05) is 48.0 Å². The molecule has 2 aromatic rings. The van der Waals surface area contributed by atoms with Gasteiger partial charge in [0.2, 0.25) is 0 Å². The molecule has 1 nitrogen and oxygen atoms in total. The maximum absolute atomic E-state index is 12.8. The zero-order chi connectivity index (χ0) is 14.6. The molecule has 0 amide bonds. The molecule has 0 aromatic heterocycles. The highest BCUT2D eigenvalue weighted by Crippen LogP contribution is 2.31. The summed E-state index contributed by atoms with van der Waals surface area (Å²) >= 11 is 0. The second-order valence-electron chi connectivity index (χ2n) is 4.74. The van der Waals surface area contributed by atoms with Crippen molar-refractivity contribution in [3.8, 4) is 0 Å². The molecule has 0 saturated heterocycles. The monoisotopic (exact) mass is 315 g/mol. The van der Waals surface area contributed by atoms with Crippen molar-refractivity contribution in [2.45, 2.75) is 26.2 Å². The van der Waals surface area contributed by atoms with E-state index in [1.807, 2.05) is 31.2 Å². The van der Waals surface area contributed by atoms with E-state index < -0.39 is 11.7 Å². The van der Waals surface area contributed by atoms with E-state index in [4.69, 9.17) is 0 Å². The second-order valence-corrected chi connectivity index (χ2v) is 4.74. The highest BCUT2D eigenvalue weighted by molar-refractivity contribution is 5.85. The first-order valence-electron chi connectivity index (χ1n) is 6.38. The van der Waals surface area contributed by atoms with Crippen LogP contribution in [-0.2, 0) is 19.3 Å². The van der Waals surface area contributed by atoms with Gasteiger partial charge in [-0.05, 0) is 24.1 Å². The molecule has 0 spiro atoms. The number of nitrogens with one attached hydrogen (secondary N) is 1. The molecule has 0 radical (unpaired) electrons. The van der Waals surface area contributed by atoms with Gasteiger partial charge in [-0.15, -0.1) is 12.4 Å². The first-order valence-corrected chi connectivity index (χ1v) is 6.38. The molecule has 2 aromatic carbocycles. The van der Waals surface area contributed by atoms with Crippen LogP contribution in [0.25, 0.3) is 0 Å². The first-order chi connectivity index (χ1) is 9.47. The summed E-state index contributed by atoms with van der Waals surface area (Å²) in [5.41, 5.74) is 1.92. The maximum atomic E-state index is 12.8. The van der Waals surface area contributed by atoms with Crippen LogP contribution >= 0.6 is 12.4 Å². The van der Waals surface area contributed by atoms with E-state index in [9.17, 15) is 13.2 Å². The van der Waals surface area contributed by atoms with Crippen LogP contribution in [0.3, 0.4) is 0 Å². The number of alkyl halides is 3. The molecule has 0 heterocycles. The molecule has 2 rings (SSSR count). The number of hydrogen-bond acceptors (Lipinski definition) is 1. The van der Waals surface area contributed by atoms with Crippen molar-refractivity contribution in [1.82, 2.24) is 5.32 Å². The van der Waals surface area contributed by atoms with Gasteiger partial charge in [0.15, 0.2) is 0 Å². The van der Waals surface area contributed by atoms with E-state index in [2.05, 4.69) is 5.32 Å². The van der Waals surface area contributed by atoms with Gasteiger partial charge in [-0.25, -0.2) is 0 Å². The smallest absolute Gasteiger partial charge is 0.309 e. The Hall–Kier alpha value is -1.52. The minimum absolute atomic E-state index is 0. The van der Waals surface area contributed by atoms with Crippen LogP contribution in [0.5, 0.6) is 0 Å². The third-order valence-electron chi connectivity index (χ3n) is 3.09. The number of halogens is 4. The molecule has 0 aliphatic carbocycles. The molecule has 0 fully saturated rings. The summed E-state index contributed by atoms with van der Waals surface area (Å²) in [5, 5.41) is 3.05. The molecule has 0 atom stereocenters. The standard InChI is InChI=1S/C16H16F3N.ClH/c1-12-6-8-13(9-7-12)10-20-11-14-4-2-3-5-15(14)16(17,18)19;/h2-9,20H,10-11H2,1H3;1H. The lowest BCUT2D eigenvalue weighted by Crippen LogP contribution is -2.17. The molecule has 114 valence electrons. The third kappa shape index (κ3) is 5.06. The van der Waals surface area contributed by atoms with Crippen molar-refractivity contribution < 1.29 is 13.2 Å². The lowest BCUT2D eigenvalue weighted by atomic mass is 10.1. The first kappa shape index (κ1) is 17.5. The third-order valence-corrected chi connectivity index (χ3v) is 3.09. The van der Waals surface area contributed by atoms with Crippen LogP contribution in [0.2, 0.25) is 0 Å². The number of hydrogen-bond donors (Lipinski definition) is 1. The van der Waals surface area contributed by atoms with Crippen LogP contribution < -0.4 is 5.32 Å². The largest absolute Gasteiger partial charge is 0.416 e. The summed E-state index contributed by atoms with van der Waals surface area (Å²) in [6.45, 7) is 2.74. The Balaban J connectivity index is 0.00000220. The highest BCUT2D eigenvalue weighted by Gasteiger charge is 2.32.